The van der Waals surface area contributed by atoms with Crippen LogP contribution >= 0.6 is 0 Å². The number of nitrogens with one attached hydrogen (secondary N) is 1. The molecule has 5 nitrogen and oxygen atoms in total. The molecule has 2 rings (SSSR count). The van der Waals surface area contributed by atoms with E-state index in [-0.39, 0.29) is 18.3 Å². The largest absolute Gasteiger partial charge is 0.494 e. The molecule has 1 aliphatic carbocycles. The van der Waals surface area contributed by atoms with Crippen LogP contribution in [-0.2, 0) is 0 Å². The number of amides is 2. The molecule has 1 unspecified atom stereocenters. The number of hydrogen-bond acceptors (Lipinski definition) is 3. The standard InChI is InChI=1S/C14H19FN2O3/c1-17(8-12(18)9-3-4-9)14(19)16-10-5-6-13(20-2)11(15)7-10/h5-7,9,12,18H,3-4,8H2,1-2H3,(H,16,19). The second-order valence-corrected chi connectivity index (χ2v) is 5.06. The Balaban J connectivity index is 1.91. The summed E-state index contributed by atoms with van der Waals surface area (Å²) in [4.78, 5) is 13.3. The summed E-state index contributed by atoms with van der Waals surface area (Å²) < 4.78 is 18.3. The van der Waals surface area contributed by atoms with Gasteiger partial charge in [-0.3, -0.25) is 0 Å². The Morgan fingerprint density at radius 2 is 2.30 bits per heavy atom. The maximum absolute atomic E-state index is 13.5. The number of carbonyl (C=O) groups excluding carboxylic acids is 1. The second kappa shape index (κ2) is 6.09. The molecule has 110 valence electrons. The molecule has 1 aromatic carbocycles. The molecule has 1 atom stereocenters. The highest BCUT2D eigenvalue weighted by atomic mass is 19.1. The first-order valence-electron chi connectivity index (χ1n) is 6.55. The van der Waals surface area contributed by atoms with E-state index >= 15 is 0 Å². The van der Waals surface area contributed by atoms with E-state index in [1.54, 1.807) is 13.1 Å². The minimum atomic E-state index is -0.536. The van der Waals surface area contributed by atoms with E-state index in [2.05, 4.69) is 5.32 Å². The highest BCUT2D eigenvalue weighted by molar-refractivity contribution is 5.89. The average molecular weight is 282 g/mol. The van der Waals surface area contributed by atoms with Crippen molar-refractivity contribution in [2.75, 3.05) is 26.0 Å². The Morgan fingerprint density at radius 1 is 1.60 bits per heavy atom. The monoisotopic (exact) mass is 282 g/mol. The number of aliphatic hydroxyl groups excluding tert-OH is 1. The highest BCUT2D eigenvalue weighted by Gasteiger charge is 2.31. The van der Waals surface area contributed by atoms with Crippen molar-refractivity contribution in [2.24, 2.45) is 5.92 Å². The quantitative estimate of drug-likeness (QED) is 0.869. The van der Waals surface area contributed by atoms with Crippen molar-refractivity contribution in [1.82, 2.24) is 4.90 Å². The molecular weight excluding hydrogens is 263 g/mol. The van der Waals surface area contributed by atoms with Gasteiger partial charge in [-0.1, -0.05) is 0 Å². The number of urea groups is 1. The van der Waals surface area contributed by atoms with Crippen molar-refractivity contribution in [1.29, 1.82) is 0 Å². The first-order chi connectivity index (χ1) is 9.51. The van der Waals surface area contributed by atoms with Crippen molar-refractivity contribution in [2.45, 2.75) is 18.9 Å². The van der Waals surface area contributed by atoms with Gasteiger partial charge in [-0.15, -0.1) is 0 Å². The summed E-state index contributed by atoms with van der Waals surface area (Å²) in [6.45, 7) is 0.273. The fraction of sp³-hybridized carbons (Fsp3) is 0.500. The molecule has 1 fully saturated rings. The van der Waals surface area contributed by atoms with E-state index in [0.717, 1.165) is 12.8 Å². The van der Waals surface area contributed by atoms with Crippen LogP contribution in [-0.4, -0.2) is 42.8 Å². The molecule has 0 aromatic heterocycles. The topological polar surface area (TPSA) is 61.8 Å². The van der Waals surface area contributed by atoms with Gasteiger partial charge in [-0.05, 0) is 30.9 Å². The number of rotatable bonds is 5. The summed E-state index contributed by atoms with van der Waals surface area (Å²) in [6.07, 6.45) is 1.54. The third kappa shape index (κ3) is 3.60. The van der Waals surface area contributed by atoms with Gasteiger partial charge in [0.25, 0.3) is 0 Å². The Bertz CT molecular complexity index is 491. The van der Waals surface area contributed by atoms with Crippen molar-refractivity contribution < 1.29 is 19.0 Å². The number of methoxy groups -OCH3 is 1. The third-order valence-electron chi connectivity index (χ3n) is 3.38. The lowest BCUT2D eigenvalue weighted by molar-refractivity contribution is 0.117. The first kappa shape index (κ1) is 14.6. The average Bonchev–Trinajstić information content (AvgIpc) is 3.23. The van der Waals surface area contributed by atoms with Crippen LogP contribution in [0.15, 0.2) is 18.2 Å². The lowest BCUT2D eigenvalue weighted by atomic mass is 10.2. The minimum Gasteiger partial charge on any atom is -0.494 e. The van der Waals surface area contributed by atoms with Crippen LogP contribution < -0.4 is 10.1 Å². The van der Waals surface area contributed by atoms with Gasteiger partial charge in [0.1, 0.15) is 0 Å². The zero-order chi connectivity index (χ0) is 14.7. The number of hydrogen-bond donors (Lipinski definition) is 2. The Kier molecular flexibility index (Phi) is 4.44. The zero-order valence-corrected chi connectivity index (χ0v) is 11.6. The minimum absolute atomic E-state index is 0.125. The predicted octanol–water partition coefficient (Wildman–Crippen LogP) is 2.07. The number of carbonyl (C=O) groups is 1. The molecule has 0 radical (unpaired) electrons. The molecule has 0 spiro atoms. The van der Waals surface area contributed by atoms with Crippen molar-refractivity contribution in [3.63, 3.8) is 0 Å². The van der Waals surface area contributed by atoms with Crippen molar-refractivity contribution in [3.8, 4) is 5.75 Å². The molecule has 2 amide bonds. The normalized spacial score (nSPS) is 15.6. The van der Waals surface area contributed by atoms with E-state index in [0.29, 0.717) is 11.6 Å². The highest BCUT2D eigenvalue weighted by Crippen LogP contribution is 2.32. The number of likely N-dealkylation sites (N-methyl/N-ethyl adjacent to an activating group) is 1. The lowest BCUT2D eigenvalue weighted by Gasteiger charge is -2.21. The van der Waals surface area contributed by atoms with Gasteiger partial charge >= 0.3 is 6.03 Å². The number of ether oxygens (including phenoxy) is 1. The maximum Gasteiger partial charge on any atom is 0.321 e. The van der Waals surface area contributed by atoms with Crippen molar-refractivity contribution in [3.05, 3.63) is 24.0 Å². The number of halogens is 1. The summed E-state index contributed by atoms with van der Waals surface area (Å²) in [5.41, 5.74) is 0.348. The molecule has 0 saturated heterocycles. The summed E-state index contributed by atoms with van der Waals surface area (Å²) in [5.74, 6) is -0.102. The molecule has 1 saturated carbocycles. The smallest absolute Gasteiger partial charge is 0.321 e. The molecule has 1 aliphatic rings. The van der Waals surface area contributed by atoms with Gasteiger partial charge in [-0.25, -0.2) is 9.18 Å². The fourth-order valence-corrected chi connectivity index (χ4v) is 1.96. The van der Waals surface area contributed by atoms with Gasteiger partial charge < -0.3 is 20.1 Å². The third-order valence-corrected chi connectivity index (χ3v) is 3.38. The zero-order valence-electron chi connectivity index (χ0n) is 11.6. The van der Waals surface area contributed by atoms with Crippen LogP contribution in [0.5, 0.6) is 5.75 Å². The van der Waals surface area contributed by atoms with Gasteiger partial charge in [0.15, 0.2) is 11.6 Å². The summed E-state index contributed by atoms with van der Waals surface area (Å²) >= 11 is 0. The van der Waals surface area contributed by atoms with E-state index < -0.39 is 11.9 Å². The van der Waals surface area contributed by atoms with Crippen LogP contribution in [0.2, 0.25) is 0 Å². The van der Waals surface area contributed by atoms with Gasteiger partial charge in [0.05, 0.1) is 13.2 Å². The molecule has 1 aromatic rings. The number of benzene rings is 1. The van der Waals surface area contributed by atoms with Crippen LogP contribution in [0, 0.1) is 11.7 Å². The number of anilines is 1. The van der Waals surface area contributed by atoms with Gasteiger partial charge in [-0.2, -0.15) is 0 Å². The molecule has 20 heavy (non-hydrogen) atoms. The van der Waals surface area contributed by atoms with E-state index in [1.165, 1.54) is 24.1 Å². The number of aliphatic hydroxyl groups is 1. The van der Waals surface area contributed by atoms with Gasteiger partial charge in [0.2, 0.25) is 0 Å². The molecule has 0 bridgehead atoms. The number of nitrogens with zero attached hydrogens (tertiary/aromatic N) is 1. The molecule has 6 heteroatoms. The summed E-state index contributed by atoms with van der Waals surface area (Å²) in [6, 6.07) is 3.82. The Hall–Kier alpha value is -1.82. The summed E-state index contributed by atoms with van der Waals surface area (Å²) in [5, 5.41) is 12.4. The molecule has 0 heterocycles. The molecule has 2 N–H and O–H groups in total. The van der Waals surface area contributed by atoms with Crippen LogP contribution in [0.3, 0.4) is 0 Å². The van der Waals surface area contributed by atoms with Gasteiger partial charge in [0, 0.05) is 25.3 Å². The van der Waals surface area contributed by atoms with Crippen LogP contribution in [0.1, 0.15) is 12.8 Å². The van der Waals surface area contributed by atoms with E-state index in [9.17, 15) is 14.3 Å². The second-order valence-electron chi connectivity index (χ2n) is 5.06. The van der Waals surface area contributed by atoms with E-state index in [1.807, 2.05) is 0 Å². The Morgan fingerprint density at radius 3 is 2.85 bits per heavy atom. The SMILES string of the molecule is COc1ccc(NC(=O)N(C)CC(O)C2CC2)cc1F. The maximum atomic E-state index is 13.5. The van der Waals surface area contributed by atoms with Crippen LogP contribution in [0.4, 0.5) is 14.9 Å². The first-order valence-corrected chi connectivity index (χ1v) is 6.55. The predicted molar refractivity (Wildman–Crippen MR) is 73.3 cm³/mol. The fourth-order valence-electron chi connectivity index (χ4n) is 1.96. The molecular formula is C14H19FN2O3. The Labute approximate surface area is 117 Å². The van der Waals surface area contributed by atoms with Crippen molar-refractivity contribution >= 4 is 11.7 Å². The molecule has 0 aliphatic heterocycles. The van der Waals surface area contributed by atoms with E-state index in [4.69, 9.17) is 4.74 Å². The van der Waals surface area contributed by atoms with Crippen LogP contribution in [0.25, 0.3) is 0 Å². The summed E-state index contributed by atoms with van der Waals surface area (Å²) in [7, 11) is 2.98. The lowest BCUT2D eigenvalue weighted by Crippen LogP contribution is -2.38.